The van der Waals surface area contributed by atoms with Gasteiger partial charge in [0.2, 0.25) is 5.91 Å². The molecule has 1 aromatic rings. The number of rotatable bonds is 9. The summed E-state index contributed by atoms with van der Waals surface area (Å²) in [5.41, 5.74) is 2.45. The highest BCUT2D eigenvalue weighted by molar-refractivity contribution is 5.86. The third kappa shape index (κ3) is 5.63. The second-order valence-electron chi connectivity index (χ2n) is 7.95. The van der Waals surface area contributed by atoms with E-state index in [9.17, 15) is 19.5 Å². The highest BCUT2D eigenvalue weighted by Crippen LogP contribution is 2.27. The van der Waals surface area contributed by atoms with Crippen molar-refractivity contribution in [3.05, 3.63) is 59.3 Å². The normalized spacial score (nSPS) is 19.8. The van der Waals surface area contributed by atoms with E-state index in [2.05, 4.69) is 10.6 Å². The third-order valence-electron chi connectivity index (χ3n) is 5.74. The molecular weight excluding hydrogens is 410 g/mol. The van der Waals surface area contributed by atoms with Crippen molar-refractivity contribution in [1.29, 1.82) is 0 Å². The Morgan fingerprint density at radius 2 is 2.03 bits per heavy atom. The second-order valence-corrected chi connectivity index (χ2v) is 7.95. The van der Waals surface area contributed by atoms with Crippen molar-refractivity contribution in [2.24, 2.45) is 0 Å². The zero-order valence-electron chi connectivity index (χ0n) is 18.5. The quantitative estimate of drug-likeness (QED) is 0.500. The van der Waals surface area contributed by atoms with Crippen molar-refractivity contribution >= 4 is 17.8 Å². The monoisotopic (exact) mass is 441 g/mol. The standard InChI is InChI=1S/C24H31N3O5/c1-3-32-24(31)19(12-11-17-8-5-4-6-9-17)26-16(2)22(28)27-15-7-10-18-20(27)13-14-25-21(18)23(29)30/h4-10,16,19,21,25-26H,3,11-15H2,1-2H3,(H,29,30)/t16-,19?,21?/m0/s1. The van der Waals surface area contributed by atoms with Crippen LogP contribution in [0, 0.1) is 0 Å². The minimum absolute atomic E-state index is 0.193. The number of ether oxygens (including phenoxy) is 1. The molecule has 3 rings (SSSR count). The molecule has 172 valence electrons. The highest BCUT2D eigenvalue weighted by Gasteiger charge is 2.35. The lowest BCUT2D eigenvalue weighted by Gasteiger charge is -2.36. The molecule has 1 amide bonds. The van der Waals surface area contributed by atoms with Gasteiger partial charge in [-0.3, -0.25) is 19.7 Å². The lowest BCUT2D eigenvalue weighted by Crippen LogP contribution is -2.53. The summed E-state index contributed by atoms with van der Waals surface area (Å²) in [6.07, 6.45) is 5.32. The summed E-state index contributed by atoms with van der Waals surface area (Å²) in [6.45, 7) is 4.61. The van der Waals surface area contributed by atoms with Crippen LogP contribution >= 0.6 is 0 Å². The van der Waals surface area contributed by atoms with Crippen LogP contribution in [0.1, 0.15) is 32.3 Å². The summed E-state index contributed by atoms with van der Waals surface area (Å²) >= 11 is 0. The van der Waals surface area contributed by atoms with E-state index in [1.165, 1.54) is 0 Å². The van der Waals surface area contributed by atoms with E-state index in [0.717, 1.165) is 11.3 Å². The summed E-state index contributed by atoms with van der Waals surface area (Å²) < 4.78 is 5.22. The summed E-state index contributed by atoms with van der Waals surface area (Å²) in [7, 11) is 0. The Bertz CT molecular complexity index is 896. The Hall–Kier alpha value is -2.97. The van der Waals surface area contributed by atoms with Crippen molar-refractivity contribution in [1.82, 2.24) is 15.5 Å². The molecular formula is C24H31N3O5. The molecule has 8 nitrogen and oxygen atoms in total. The van der Waals surface area contributed by atoms with Crippen molar-refractivity contribution in [2.75, 3.05) is 19.7 Å². The van der Waals surface area contributed by atoms with Gasteiger partial charge in [0.1, 0.15) is 12.1 Å². The van der Waals surface area contributed by atoms with Gasteiger partial charge in [-0.1, -0.05) is 42.5 Å². The zero-order valence-corrected chi connectivity index (χ0v) is 18.5. The molecule has 3 N–H and O–H groups in total. The van der Waals surface area contributed by atoms with Crippen LogP contribution in [0.5, 0.6) is 0 Å². The number of hydrogen-bond donors (Lipinski definition) is 3. The second kappa shape index (κ2) is 11.1. The van der Waals surface area contributed by atoms with Crippen LogP contribution in [0.3, 0.4) is 0 Å². The number of carbonyl (C=O) groups is 3. The topological polar surface area (TPSA) is 108 Å². The maximum Gasteiger partial charge on any atom is 0.325 e. The first kappa shape index (κ1) is 23.7. The van der Waals surface area contributed by atoms with Crippen LogP contribution in [0.4, 0.5) is 0 Å². The molecule has 0 aromatic heterocycles. The number of carbonyl (C=O) groups excluding carboxylic acids is 2. The molecule has 8 heteroatoms. The summed E-state index contributed by atoms with van der Waals surface area (Å²) in [5.74, 6) is -1.54. The van der Waals surface area contributed by atoms with Gasteiger partial charge in [0, 0.05) is 25.2 Å². The number of amides is 1. The lowest BCUT2D eigenvalue weighted by atomic mass is 9.94. The van der Waals surface area contributed by atoms with Gasteiger partial charge in [0.05, 0.1) is 12.6 Å². The van der Waals surface area contributed by atoms with E-state index < -0.39 is 24.1 Å². The largest absolute Gasteiger partial charge is 0.480 e. The van der Waals surface area contributed by atoms with Crippen molar-refractivity contribution < 1.29 is 24.2 Å². The number of nitrogens with zero attached hydrogens (tertiary/aromatic N) is 1. The fraction of sp³-hybridized carbons (Fsp3) is 0.458. The van der Waals surface area contributed by atoms with Gasteiger partial charge in [-0.05, 0) is 37.8 Å². The van der Waals surface area contributed by atoms with Crippen molar-refractivity contribution in [2.45, 2.75) is 51.2 Å². The fourth-order valence-electron chi connectivity index (χ4n) is 4.15. The number of nitrogens with one attached hydrogen (secondary N) is 2. The Balaban J connectivity index is 1.71. The molecule has 0 aliphatic carbocycles. The van der Waals surface area contributed by atoms with E-state index in [-0.39, 0.29) is 18.5 Å². The maximum atomic E-state index is 13.3. The lowest BCUT2D eigenvalue weighted by molar-refractivity contribution is -0.146. The molecule has 32 heavy (non-hydrogen) atoms. The van der Waals surface area contributed by atoms with Crippen LogP contribution in [-0.4, -0.2) is 65.7 Å². The molecule has 2 aliphatic rings. The molecule has 0 saturated carbocycles. The predicted molar refractivity (Wildman–Crippen MR) is 120 cm³/mol. The predicted octanol–water partition coefficient (Wildman–Crippen LogP) is 1.63. The number of aryl methyl sites for hydroxylation is 1. The van der Waals surface area contributed by atoms with E-state index in [1.54, 1.807) is 30.9 Å². The molecule has 0 saturated heterocycles. The first-order valence-corrected chi connectivity index (χ1v) is 11.1. The fourth-order valence-corrected chi connectivity index (χ4v) is 4.15. The van der Waals surface area contributed by atoms with Crippen LogP contribution < -0.4 is 10.6 Å². The Morgan fingerprint density at radius 3 is 2.72 bits per heavy atom. The van der Waals surface area contributed by atoms with Crippen LogP contribution in [0.15, 0.2) is 53.8 Å². The number of aliphatic carboxylic acids is 1. The molecule has 1 aromatic carbocycles. The Labute approximate surface area is 188 Å². The Morgan fingerprint density at radius 1 is 1.28 bits per heavy atom. The number of hydrogen-bond acceptors (Lipinski definition) is 6. The van der Waals surface area contributed by atoms with Gasteiger partial charge in [-0.15, -0.1) is 0 Å². The van der Waals surface area contributed by atoms with Crippen LogP contribution in [-0.2, 0) is 25.5 Å². The van der Waals surface area contributed by atoms with Crippen molar-refractivity contribution in [3.8, 4) is 0 Å². The van der Waals surface area contributed by atoms with Gasteiger partial charge >= 0.3 is 11.9 Å². The molecule has 2 aliphatic heterocycles. The van der Waals surface area contributed by atoms with Gasteiger partial charge in [0.25, 0.3) is 0 Å². The van der Waals surface area contributed by atoms with Crippen molar-refractivity contribution in [3.63, 3.8) is 0 Å². The number of benzene rings is 1. The molecule has 0 radical (unpaired) electrons. The average molecular weight is 442 g/mol. The molecule has 0 bridgehead atoms. The van der Waals surface area contributed by atoms with E-state index in [4.69, 9.17) is 4.74 Å². The van der Waals surface area contributed by atoms with E-state index >= 15 is 0 Å². The van der Waals surface area contributed by atoms with Gasteiger partial charge < -0.3 is 20.1 Å². The first-order chi connectivity index (χ1) is 15.4. The molecule has 0 spiro atoms. The average Bonchev–Trinajstić information content (AvgIpc) is 2.81. The summed E-state index contributed by atoms with van der Waals surface area (Å²) in [4.78, 5) is 39.1. The zero-order chi connectivity index (χ0) is 23.1. The number of carboxylic acids is 1. The minimum Gasteiger partial charge on any atom is -0.480 e. The van der Waals surface area contributed by atoms with Gasteiger partial charge in [0.15, 0.2) is 0 Å². The van der Waals surface area contributed by atoms with E-state index in [0.29, 0.717) is 37.9 Å². The summed E-state index contributed by atoms with van der Waals surface area (Å²) in [5, 5.41) is 15.6. The van der Waals surface area contributed by atoms with Gasteiger partial charge in [-0.2, -0.15) is 0 Å². The Kier molecular flexibility index (Phi) is 8.19. The summed E-state index contributed by atoms with van der Waals surface area (Å²) in [6, 6.07) is 7.76. The highest BCUT2D eigenvalue weighted by atomic mass is 16.5. The van der Waals surface area contributed by atoms with Crippen LogP contribution in [0.2, 0.25) is 0 Å². The van der Waals surface area contributed by atoms with E-state index in [1.807, 2.05) is 30.3 Å². The molecule has 3 atom stereocenters. The SMILES string of the molecule is CCOC(=O)C(CCc1ccccc1)N[C@@H](C)C(=O)N1CC=CC2=C1CCNC2C(=O)O. The number of carboxylic acid groups (broad SMARTS) is 1. The maximum absolute atomic E-state index is 13.3. The molecule has 2 unspecified atom stereocenters. The van der Waals surface area contributed by atoms with Gasteiger partial charge in [-0.25, -0.2) is 0 Å². The first-order valence-electron chi connectivity index (χ1n) is 11.1. The minimum atomic E-state index is -0.967. The molecule has 0 fully saturated rings. The van der Waals surface area contributed by atoms with Crippen LogP contribution in [0.25, 0.3) is 0 Å². The smallest absolute Gasteiger partial charge is 0.325 e. The third-order valence-corrected chi connectivity index (χ3v) is 5.74. The molecule has 2 heterocycles. The number of esters is 1.